The second-order valence-corrected chi connectivity index (χ2v) is 5.05. The molecule has 6 heteroatoms. The van der Waals surface area contributed by atoms with Crippen LogP contribution >= 0.6 is 23.2 Å². The highest BCUT2D eigenvalue weighted by Crippen LogP contribution is 2.25. The summed E-state index contributed by atoms with van der Waals surface area (Å²) in [5.74, 6) is 0. The van der Waals surface area contributed by atoms with Gasteiger partial charge in [0.2, 0.25) is 0 Å². The monoisotopic (exact) mass is 309 g/mol. The molecule has 2 N–H and O–H groups in total. The van der Waals surface area contributed by atoms with Gasteiger partial charge >= 0.3 is 6.03 Å². The quantitative estimate of drug-likeness (QED) is 0.899. The van der Waals surface area contributed by atoms with Gasteiger partial charge in [0.25, 0.3) is 0 Å². The number of aromatic nitrogens is 1. The number of urea groups is 1. The van der Waals surface area contributed by atoms with Crippen LogP contribution in [-0.2, 0) is 6.54 Å². The summed E-state index contributed by atoms with van der Waals surface area (Å²) in [6.45, 7) is 2.24. The molecule has 20 heavy (non-hydrogen) atoms. The van der Waals surface area contributed by atoms with Crippen molar-refractivity contribution in [3.8, 4) is 0 Å². The van der Waals surface area contributed by atoms with Crippen LogP contribution < -0.4 is 10.6 Å². The lowest BCUT2D eigenvalue weighted by Gasteiger charge is -2.09. The highest BCUT2D eigenvalue weighted by Gasteiger charge is 2.06. The first-order valence-corrected chi connectivity index (χ1v) is 6.72. The standard InChI is InChI=1S/C14H13Cl2N3O/c1-9-3-2-4-11(18-9)8-17-14(20)19-13-7-10(15)5-6-12(13)16/h2-7H,8H2,1H3,(H2,17,19,20). The van der Waals surface area contributed by atoms with Crippen molar-refractivity contribution in [2.75, 3.05) is 5.32 Å². The van der Waals surface area contributed by atoms with Gasteiger partial charge in [-0.25, -0.2) is 4.79 Å². The van der Waals surface area contributed by atoms with Crippen LogP contribution in [0, 0.1) is 6.92 Å². The van der Waals surface area contributed by atoms with E-state index in [0.29, 0.717) is 22.3 Å². The fraction of sp³-hybridized carbons (Fsp3) is 0.143. The predicted molar refractivity (Wildman–Crippen MR) is 81.3 cm³/mol. The zero-order valence-electron chi connectivity index (χ0n) is 10.8. The number of halogens is 2. The van der Waals surface area contributed by atoms with Gasteiger partial charge in [0.15, 0.2) is 0 Å². The summed E-state index contributed by atoms with van der Waals surface area (Å²) in [7, 11) is 0. The number of amides is 2. The van der Waals surface area contributed by atoms with Gasteiger partial charge in [0.1, 0.15) is 0 Å². The first-order valence-electron chi connectivity index (χ1n) is 5.97. The lowest BCUT2D eigenvalue weighted by atomic mass is 10.3. The Hall–Kier alpha value is -1.78. The molecule has 2 amide bonds. The highest BCUT2D eigenvalue weighted by atomic mass is 35.5. The molecule has 0 atom stereocenters. The average Bonchev–Trinajstić information content (AvgIpc) is 2.41. The minimum Gasteiger partial charge on any atom is -0.332 e. The molecule has 4 nitrogen and oxygen atoms in total. The van der Waals surface area contributed by atoms with Crippen molar-refractivity contribution >= 4 is 34.9 Å². The molecule has 0 bridgehead atoms. The second-order valence-electron chi connectivity index (χ2n) is 4.20. The summed E-state index contributed by atoms with van der Waals surface area (Å²) in [6.07, 6.45) is 0. The van der Waals surface area contributed by atoms with Crippen molar-refractivity contribution in [1.82, 2.24) is 10.3 Å². The largest absolute Gasteiger partial charge is 0.332 e. The molecule has 0 fully saturated rings. The average molecular weight is 310 g/mol. The first kappa shape index (κ1) is 14.6. The van der Waals surface area contributed by atoms with Gasteiger partial charge in [-0.15, -0.1) is 0 Å². The topological polar surface area (TPSA) is 54.0 Å². The van der Waals surface area contributed by atoms with Gasteiger partial charge in [-0.1, -0.05) is 29.3 Å². The number of carbonyl (C=O) groups excluding carboxylic acids is 1. The van der Waals surface area contributed by atoms with E-state index in [9.17, 15) is 4.79 Å². The molecule has 0 saturated heterocycles. The molecule has 0 unspecified atom stereocenters. The van der Waals surface area contributed by atoms with Crippen molar-refractivity contribution in [2.45, 2.75) is 13.5 Å². The number of carbonyl (C=O) groups is 1. The van der Waals surface area contributed by atoms with Gasteiger partial charge < -0.3 is 10.6 Å². The molecule has 1 heterocycles. The summed E-state index contributed by atoms with van der Waals surface area (Å²) >= 11 is 11.8. The number of anilines is 1. The summed E-state index contributed by atoms with van der Waals surface area (Å²) in [4.78, 5) is 16.1. The smallest absolute Gasteiger partial charge is 0.319 e. The maximum absolute atomic E-state index is 11.8. The summed E-state index contributed by atoms with van der Waals surface area (Å²) in [5, 5.41) is 6.28. The van der Waals surface area contributed by atoms with Crippen molar-refractivity contribution in [2.24, 2.45) is 0 Å². The van der Waals surface area contributed by atoms with Crippen LogP contribution in [0.25, 0.3) is 0 Å². The van der Waals surface area contributed by atoms with E-state index in [1.165, 1.54) is 0 Å². The maximum Gasteiger partial charge on any atom is 0.319 e. The Kier molecular flexibility index (Phi) is 4.82. The summed E-state index contributed by atoms with van der Waals surface area (Å²) in [5.41, 5.74) is 2.16. The number of nitrogens with one attached hydrogen (secondary N) is 2. The van der Waals surface area contributed by atoms with Crippen LogP contribution in [0.4, 0.5) is 10.5 Å². The van der Waals surface area contributed by atoms with Crippen LogP contribution in [0.3, 0.4) is 0 Å². The number of hydrogen-bond donors (Lipinski definition) is 2. The van der Waals surface area contributed by atoms with Crippen LogP contribution in [0.15, 0.2) is 36.4 Å². The molecule has 104 valence electrons. The molecule has 1 aromatic carbocycles. The van der Waals surface area contributed by atoms with E-state index in [1.807, 2.05) is 25.1 Å². The molecule has 0 aliphatic heterocycles. The molecular formula is C14H13Cl2N3O. The van der Waals surface area contributed by atoms with E-state index in [2.05, 4.69) is 15.6 Å². The minimum absolute atomic E-state index is 0.339. The molecule has 2 rings (SSSR count). The molecule has 0 saturated carbocycles. The van der Waals surface area contributed by atoms with Crippen LogP contribution in [0.1, 0.15) is 11.4 Å². The third-order valence-corrected chi connectivity index (χ3v) is 3.12. The molecule has 1 aromatic heterocycles. The zero-order valence-corrected chi connectivity index (χ0v) is 12.3. The molecule has 2 aromatic rings. The van der Waals surface area contributed by atoms with Crippen LogP contribution in [-0.4, -0.2) is 11.0 Å². The van der Waals surface area contributed by atoms with Crippen LogP contribution in [0.5, 0.6) is 0 Å². The number of benzene rings is 1. The third kappa shape index (κ3) is 4.11. The Balaban J connectivity index is 1.94. The summed E-state index contributed by atoms with van der Waals surface area (Å²) in [6, 6.07) is 10.2. The van der Waals surface area contributed by atoms with E-state index in [-0.39, 0.29) is 6.03 Å². The molecule has 0 aliphatic rings. The number of nitrogens with zero attached hydrogens (tertiary/aromatic N) is 1. The Morgan fingerprint density at radius 1 is 1.25 bits per heavy atom. The zero-order chi connectivity index (χ0) is 14.5. The van der Waals surface area contributed by atoms with Gasteiger partial charge in [-0.05, 0) is 37.3 Å². The third-order valence-electron chi connectivity index (χ3n) is 2.55. The maximum atomic E-state index is 11.8. The molecular weight excluding hydrogens is 297 g/mol. The van der Waals surface area contributed by atoms with Gasteiger partial charge in [-0.3, -0.25) is 4.98 Å². The fourth-order valence-electron chi connectivity index (χ4n) is 1.63. The van der Waals surface area contributed by atoms with E-state index in [0.717, 1.165) is 11.4 Å². The number of rotatable bonds is 3. The van der Waals surface area contributed by atoms with Crippen molar-refractivity contribution in [1.29, 1.82) is 0 Å². The van der Waals surface area contributed by atoms with E-state index < -0.39 is 0 Å². The normalized spacial score (nSPS) is 10.2. The van der Waals surface area contributed by atoms with E-state index in [1.54, 1.807) is 18.2 Å². The van der Waals surface area contributed by atoms with Gasteiger partial charge in [-0.2, -0.15) is 0 Å². The number of hydrogen-bond acceptors (Lipinski definition) is 2. The van der Waals surface area contributed by atoms with E-state index >= 15 is 0 Å². The SMILES string of the molecule is Cc1cccc(CNC(=O)Nc2cc(Cl)ccc2Cl)n1. The Bertz CT molecular complexity index is 632. The Morgan fingerprint density at radius 2 is 2.05 bits per heavy atom. The number of pyridine rings is 1. The molecule has 0 spiro atoms. The molecule has 0 aliphatic carbocycles. The minimum atomic E-state index is -0.363. The number of aryl methyl sites for hydroxylation is 1. The van der Waals surface area contributed by atoms with Gasteiger partial charge in [0, 0.05) is 10.7 Å². The summed E-state index contributed by atoms with van der Waals surface area (Å²) < 4.78 is 0. The lowest BCUT2D eigenvalue weighted by molar-refractivity contribution is 0.251. The first-order chi connectivity index (χ1) is 9.54. The Labute approximate surface area is 127 Å². The highest BCUT2D eigenvalue weighted by molar-refractivity contribution is 6.35. The Morgan fingerprint density at radius 3 is 2.80 bits per heavy atom. The van der Waals surface area contributed by atoms with Crippen molar-refractivity contribution in [3.05, 3.63) is 57.8 Å². The fourth-order valence-corrected chi connectivity index (χ4v) is 1.97. The second kappa shape index (κ2) is 6.59. The predicted octanol–water partition coefficient (Wildman–Crippen LogP) is 4.02. The van der Waals surface area contributed by atoms with Crippen LogP contribution in [0.2, 0.25) is 10.0 Å². The molecule has 0 radical (unpaired) electrons. The van der Waals surface area contributed by atoms with Crippen molar-refractivity contribution < 1.29 is 4.79 Å². The van der Waals surface area contributed by atoms with E-state index in [4.69, 9.17) is 23.2 Å². The lowest BCUT2D eigenvalue weighted by Crippen LogP contribution is -2.28. The van der Waals surface area contributed by atoms with Gasteiger partial charge in [0.05, 0.1) is 22.9 Å². The van der Waals surface area contributed by atoms with Crippen molar-refractivity contribution in [3.63, 3.8) is 0 Å².